The van der Waals surface area contributed by atoms with Gasteiger partial charge in [0, 0.05) is 13.2 Å². The maximum Gasteiger partial charge on any atom is 0.337 e. The second kappa shape index (κ2) is 8.63. The molecule has 0 unspecified atom stereocenters. The molecule has 9 nitrogen and oxygen atoms in total. The molecule has 0 bridgehead atoms. The summed E-state index contributed by atoms with van der Waals surface area (Å²) in [6, 6.07) is 2.94. The van der Waals surface area contributed by atoms with Crippen LogP contribution in [-0.2, 0) is 23.7 Å². The van der Waals surface area contributed by atoms with Crippen molar-refractivity contribution in [2.75, 3.05) is 47.3 Å². The van der Waals surface area contributed by atoms with Crippen LogP contribution in [0.15, 0.2) is 17.1 Å². The number of ether oxygens (including phenoxy) is 5. The van der Waals surface area contributed by atoms with Crippen molar-refractivity contribution in [3.05, 3.63) is 17.8 Å². The molecule has 2 rings (SSSR count). The van der Waals surface area contributed by atoms with Crippen molar-refractivity contribution in [3.63, 3.8) is 0 Å². The first-order valence-corrected chi connectivity index (χ1v) is 7.71. The normalized spacial score (nSPS) is 19.2. The van der Waals surface area contributed by atoms with E-state index in [1.54, 1.807) is 14.0 Å². The van der Waals surface area contributed by atoms with Gasteiger partial charge >= 0.3 is 5.97 Å². The van der Waals surface area contributed by atoms with Crippen LogP contribution < -0.4 is 4.74 Å². The third kappa shape index (κ3) is 4.80. The van der Waals surface area contributed by atoms with Crippen molar-refractivity contribution >= 4 is 11.9 Å². The summed E-state index contributed by atoms with van der Waals surface area (Å²) in [6.07, 6.45) is 0. The average molecular weight is 354 g/mol. The Kier molecular flexibility index (Phi) is 6.54. The number of aromatic hydroxyl groups is 1. The third-order valence-corrected chi connectivity index (χ3v) is 3.42. The van der Waals surface area contributed by atoms with Crippen LogP contribution >= 0.6 is 0 Å². The molecule has 9 heteroatoms. The molecule has 0 fully saturated rings. The van der Waals surface area contributed by atoms with E-state index < -0.39 is 11.5 Å². The van der Waals surface area contributed by atoms with Crippen LogP contribution in [0.3, 0.4) is 0 Å². The molecule has 0 saturated carbocycles. The van der Waals surface area contributed by atoms with E-state index in [1.807, 2.05) is 0 Å². The molecule has 1 aliphatic heterocycles. The van der Waals surface area contributed by atoms with Gasteiger partial charge in [0.05, 0.1) is 26.9 Å². The van der Waals surface area contributed by atoms with Gasteiger partial charge in [0.25, 0.3) is 0 Å². The van der Waals surface area contributed by atoms with Crippen molar-refractivity contribution in [2.45, 2.75) is 12.5 Å². The lowest BCUT2D eigenvalue weighted by Crippen LogP contribution is -2.35. The van der Waals surface area contributed by atoms with E-state index in [2.05, 4.69) is 9.98 Å². The largest absolute Gasteiger partial charge is 0.505 e. The van der Waals surface area contributed by atoms with E-state index in [-0.39, 0.29) is 36.4 Å². The lowest BCUT2D eigenvalue weighted by atomic mass is 10.1. The summed E-state index contributed by atoms with van der Waals surface area (Å²) in [4.78, 5) is 20.1. The molecule has 1 aliphatic rings. The number of carbonyl (C=O) groups excluding carboxylic acids is 1. The Bertz CT molecular complexity index is 635. The lowest BCUT2D eigenvalue weighted by molar-refractivity contribution is -0.146. The van der Waals surface area contributed by atoms with Crippen molar-refractivity contribution in [2.24, 2.45) is 4.99 Å². The third-order valence-electron chi connectivity index (χ3n) is 3.42. The topological polar surface area (TPSA) is 109 Å². The van der Waals surface area contributed by atoms with Crippen LogP contribution in [0.1, 0.15) is 12.6 Å². The predicted octanol–water partition coefficient (Wildman–Crippen LogP) is 0.537. The fourth-order valence-electron chi connectivity index (χ4n) is 2.06. The molecule has 1 aromatic heterocycles. The Morgan fingerprint density at radius 1 is 1.28 bits per heavy atom. The van der Waals surface area contributed by atoms with Crippen molar-refractivity contribution in [3.8, 4) is 11.6 Å². The molecular formula is C16H22N2O7. The minimum absolute atomic E-state index is 0.00848. The second-order valence-corrected chi connectivity index (χ2v) is 5.44. The van der Waals surface area contributed by atoms with E-state index in [4.69, 9.17) is 23.7 Å². The first-order chi connectivity index (χ1) is 12.0. The maximum atomic E-state index is 11.8. The molecule has 138 valence electrons. The zero-order valence-electron chi connectivity index (χ0n) is 14.5. The van der Waals surface area contributed by atoms with E-state index in [0.717, 1.165) is 0 Å². The van der Waals surface area contributed by atoms with Crippen LogP contribution in [-0.4, -0.2) is 74.8 Å². The van der Waals surface area contributed by atoms with Gasteiger partial charge in [0.15, 0.2) is 11.2 Å². The monoisotopic (exact) mass is 354 g/mol. The Balaban J connectivity index is 2.02. The lowest BCUT2D eigenvalue weighted by Gasteiger charge is -2.13. The molecule has 0 amide bonds. The Hall–Kier alpha value is -2.39. The number of aliphatic imine (C=N–C) groups is 1. The van der Waals surface area contributed by atoms with Crippen molar-refractivity contribution in [1.29, 1.82) is 0 Å². The molecular weight excluding hydrogens is 332 g/mol. The minimum atomic E-state index is -1.16. The van der Waals surface area contributed by atoms with E-state index in [9.17, 15) is 9.90 Å². The molecule has 1 aromatic rings. The van der Waals surface area contributed by atoms with Gasteiger partial charge in [0.2, 0.25) is 11.8 Å². The Labute approximate surface area is 145 Å². The summed E-state index contributed by atoms with van der Waals surface area (Å²) < 4.78 is 25.8. The maximum absolute atomic E-state index is 11.8. The molecule has 25 heavy (non-hydrogen) atoms. The van der Waals surface area contributed by atoms with Gasteiger partial charge in [-0.1, -0.05) is 0 Å². The number of esters is 1. The summed E-state index contributed by atoms with van der Waals surface area (Å²) in [5, 5.41) is 10.00. The zero-order chi connectivity index (χ0) is 18.3. The molecule has 0 aromatic carbocycles. The molecule has 1 N–H and O–H groups in total. The summed E-state index contributed by atoms with van der Waals surface area (Å²) in [5.74, 6) is -0.313. The fraction of sp³-hybridized carbons (Fsp3) is 0.562. The number of rotatable bonds is 9. The molecule has 0 aliphatic carbocycles. The number of nitrogens with zero attached hydrogens (tertiary/aromatic N) is 2. The molecule has 2 heterocycles. The highest BCUT2D eigenvalue weighted by Gasteiger charge is 2.41. The zero-order valence-corrected chi connectivity index (χ0v) is 14.5. The quantitative estimate of drug-likeness (QED) is 0.505. The van der Waals surface area contributed by atoms with Crippen LogP contribution in [0.25, 0.3) is 0 Å². The average Bonchev–Trinajstić information content (AvgIpc) is 3.02. The van der Waals surface area contributed by atoms with Gasteiger partial charge in [-0.15, -0.1) is 0 Å². The fourth-order valence-corrected chi connectivity index (χ4v) is 2.06. The summed E-state index contributed by atoms with van der Waals surface area (Å²) in [5.41, 5.74) is -1.06. The van der Waals surface area contributed by atoms with Crippen LogP contribution in [0, 0.1) is 0 Å². The molecule has 0 radical (unpaired) electrons. The summed E-state index contributed by atoms with van der Waals surface area (Å²) in [7, 11) is 2.88. The molecule has 0 spiro atoms. The number of pyridine rings is 1. The predicted molar refractivity (Wildman–Crippen MR) is 87.0 cm³/mol. The van der Waals surface area contributed by atoms with E-state index in [1.165, 1.54) is 19.2 Å². The van der Waals surface area contributed by atoms with Crippen molar-refractivity contribution in [1.82, 2.24) is 4.98 Å². The number of hydrogen-bond acceptors (Lipinski definition) is 9. The number of aromatic nitrogens is 1. The first-order valence-electron chi connectivity index (χ1n) is 7.71. The summed E-state index contributed by atoms with van der Waals surface area (Å²) in [6.45, 7) is 3.24. The highest BCUT2D eigenvalue weighted by molar-refractivity contribution is 5.99. The number of hydrogen-bond donors (Lipinski definition) is 1. The van der Waals surface area contributed by atoms with Gasteiger partial charge in [-0.3, -0.25) is 0 Å². The second-order valence-electron chi connectivity index (χ2n) is 5.44. The van der Waals surface area contributed by atoms with Crippen LogP contribution in [0.4, 0.5) is 0 Å². The van der Waals surface area contributed by atoms with Gasteiger partial charge in [-0.25, -0.2) is 14.8 Å². The van der Waals surface area contributed by atoms with Crippen LogP contribution in [0.2, 0.25) is 0 Å². The smallest absolute Gasteiger partial charge is 0.337 e. The highest BCUT2D eigenvalue weighted by Crippen LogP contribution is 2.27. The summed E-state index contributed by atoms with van der Waals surface area (Å²) >= 11 is 0. The first kappa shape index (κ1) is 18.9. The van der Waals surface area contributed by atoms with Gasteiger partial charge in [-0.2, -0.15) is 0 Å². The van der Waals surface area contributed by atoms with Crippen LogP contribution in [0.5, 0.6) is 11.6 Å². The molecule has 1 atom stereocenters. The standard InChI is InChI=1S/C16H22N2O7/c1-16(15(20)22-3)10-25-14(18-16)13-11(19)4-5-12(17-13)24-9-8-23-7-6-21-2/h4-5,19H,6-10H2,1-3H3/t16-/m1/s1. The van der Waals surface area contributed by atoms with Gasteiger partial charge in [0.1, 0.15) is 19.0 Å². The Morgan fingerprint density at radius 3 is 2.76 bits per heavy atom. The number of methoxy groups -OCH3 is 2. The SMILES string of the molecule is COCCOCCOc1ccc(O)c(C2=N[C@@](C)(C(=O)OC)CO2)n1. The molecule has 0 saturated heterocycles. The highest BCUT2D eigenvalue weighted by atomic mass is 16.5. The van der Waals surface area contributed by atoms with Gasteiger partial charge in [-0.05, 0) is 13.0 Å². The number of carbonyl (C=O) groups is 1. The van der Waals surface area contributed by atoms with Crippen molar-refractivity contribution < 1.29 is 33.6 Å². The Morgan fingerprint density at radius 2 is 2.04 bits per heavy atom. The van der Waals surface area contributed by atoms with E-state index >= 15 is 0 Å². The van der Waals surface area contributed by atoms with E-state index in [0.29, 0.717) is 19.8 Å². The van der Waals surface area contributed by atoms with Gasteiger partial charge < -0.3 is 28.8 Å². The minimum Gasteiger partial charge on any atom is -0.505 e.